The second-order valence-corrected chi connectivity index (χ2v) is 9.26. The zero-order valence-electron chi connectivity index (χ0n) is 16.7. The van der Waals surface area contributed by atoms with Crippen molar-refractivity contribution >= 4 is 40.0 Å². The van der Waals surface area contributed by atoms with E-state index in [1.807, 2.05) is 35.7 Å². The van der Waals surface area contributed by atoms with E-state index in [-0.39, 0.29) is 6.10 Å². The Morgan fingerprint density at radius 3 is 2.67 bits per heavy atom. The molecule has 1 aliphatic heterocycles. The summed E-state index contributed by atoms with van der Waals surface area (Å²) in [6, 6.07) is 14.2. The molecule has 0 aliphatic carbocycles. The summed E-state index contributed by atoms with van der Waals surface area (Å²) in [6.45, 7) is 2.98. The lowest BCUT2D eigenvalue weighted by Crippen LogP contribution is -2.37. The number of hydrogen-bond donors (Lipinski definition) is 1. The Hall–Kier alpha value is -1.93. The Labute approximate surface area is 190 Å². The maximum Gasteiger partial charge on any atom is 0.192 e. The Morgan fingerprint density at radius 2 is 2.00 bits per heavy atom. The monoisotopic (exact) mass is 461 g/mol. The van der Waals surface area contributed by atoms with E-state index >= 15 is 0 Å². The van der Waals surface area contributed by atoms with Crippen LogP contribution >= 0.6 is 34.9 Å². The molecular formula is C22H24ClN3O2S2. The van der Waals surface area contributed by atoms with E-state index in [1.165, 1.54) is 17.5 Å². The molecule has 30 heavy (non-hydrogen) atoms. The molecule has 1 aliphatic rings. The molecule has 0 bridgehead atoms. The van der Waals surface area contributed by atoms with Gasteiger partial charge in [0.05, 0.1) is 12.1 Å². The topological polar surface area (TPSA) is 46.6 Å². The van der Waals surface area contributed by atoms with Crippen LogP contribution in [0.3, 0.4) is 0 Å². The number of ether oxygens (including phenoxy) is 2. The molecule has 2 aromatic carbocycles. The molecule has 8 heteroatoms. The maximum absolute atomic E-state index is 6.47. The molecule has 1 aromatic heterocycles. The molecule has 0 saturated carbocycles. The van der Waals surface area contributed by atoms with Gasteiger partial charge in [-0.3, -0.25) is 4.90 Å². The first-order chi connectivity index (χ1) is 14.7. The molecule has 1 fully saturated rings. The van der Waals surface area contributed by atoms with Gasteiger partial charge in [0.15, 0.2) is 5.13 Å². The number of aromatic nitrogens is 1. The van der Waals surface area contributed by atoms with Gasteiger partial charge in [0.1, 0.15) is 17.6 Å². The Morgan fingerprint density at radius 1 is 1.20 bits per heavy atom. The van der Waals surface area contributed by atoms with E-state index in [4.69, 9.17) is 21.1 Å². The van der Waals surface area contributed by atoms with Gasteiger partial charge < -0.3 is 14.2 Å². The lowest BCUT2D eigenvalue weighted by molar-refractivity contribution is 0.0968. The first-order valence-electron chi connectivity index (χ1n) is 9.83. The highest BCUT2D eigenvalue weighted by atomic mass is 35.5. The molecule has 0 unspecified atom stereocenters. The van der Waals surface area contributed by atoms with Crippen LogP contribution in [-0.4, -0.2) is 36.2 Å². The number of benzene rings is 2. The second kappa shape index (κ2) is 10.4. The lowest BCUT2D eigenvalue weighted by atomic mass is 10.1. The summed E-state index contributed by atoms with van der Waals surface area (Å²) in [7, 11) is 1.69. The van der Waals surface area contributed by atoms with Crippen molar-refractivity contribution in [1.29, 1.82) is 0 Å². The first-order valence-corrected chi connectivity index (χ1v) is 11.9. The number of thiazole rings is 1. The molecular weight excluding hydrogens is 438 g/mol. The fourth-order valence-electron chi connectivity index (χ4n) is 3.37. The van der Waals surface area contributed by atoms with Crippen LogP contribution in [0.25, 0.3) is 0 Å². The SMILES string of the molecule is COc1ccc(CN2CCC(Oc3ccc(SNc4nccs4)cc3Cl)CC2)cc1. The Balaban J connectivity index is 1.25. The van der Waals surface area contributed by atoms with Gasteiger partial charge in [0.2, 0.25) is 0 Å². The summed E-state index contributed by atoms with van der Waals surface area (Å²) < 4.78 is 14.6. The van der Waals surface area contributed by atoms with E-state index in [1.54, 1.807) is 24.6 Å². The van der Waals surface area contributed by atoms with E-state index in [0.717, 1.165) is 54.0 Å². The summed E-state index contributed by atoms with van der Waals surface area (Å²) in [5, 5.41) is 3.45. The first kappa shape index (κ1) is 21.3. The molecule has 3 aromatic rings. The number of methoxy groups -OCH3 is 1. The minimum atomic E-state index is 0.196. The van der Waals surface area contributed by atoms with E-state index < -0.39 is 0 Å². The van der Waals surface area contributed by atoms with Crippen LogP contribution in [0.4, 0.5) is 5.13 Å². The van der Waals surface area contributed by atoms with Crippen LogP contribution in [0.15, 0.2) is 58.9 Å². The third-order valence-corrected chi connectivity index (χ3v) is 6.88. The number of nitrogens with one attached hydrogen (secondary N) is 1. The average molecular weight is 462 g/mol. The van der Waals surface area contributed by atoms with Crippen molar-refractivity contribution in [2.45, 2.75) is 30.4 Å². The smallest absolute Gasteiger partial charge is 0.192 e. The zero-order chi connectivity index (χ0) is 20.8. The van der Waals surface area contributed by atoms with Crippen molar-refractivity contribution < 1.29 is 9.47 Å². The fourth-order valence-corrected chi connectivity index (χ4v) is 4.92. The van der Waals surface area contributed by atoms with Gasteiger partial charge in [-0.05, 0) is 60.7 Å². The van der Waals surface area contributed by atoms with Crippen molar-refractivity contribution in [3.8, 4) is 11.5 Å². The van der Waals surface area contributed by atoms with Gasteiger partial charge in [-0.2, -0.15) is 0 Å². The number of nitrogens with zero attached hydrogens (tertiary/aromatic N) is 2. The van der Waals surface area contributed by atoms with E-state index in [9.17, 15) is 0 Å². The molecule has 0 amide bonds. The molecule has 1 N–H and O–H groups in total. The highest BCUT2D eigenvalue weighted by Crippen LogP contribution is 2.32. The maximum atomic E-state index is 6.47. The summed E-state index contributed by atoms with van der Waals surface area (Å²) in [4.78, 5) is 7.70. The van der Waals surface area contributed by atoms with Gasteiger partial charge >= 0.3 is 0 Å². The summed E-state index contributed by atoms with van der Waals surface area (Å²) >= 11 is 9.53. The standard InChI is InChI=1S/C22H24ClN3O2S2/c1-27-17-4-2-16(3-5-17)15-26-11-8-18(9-12-26)28-21-7-6-19(14-20(21)23)30-25-22-24-10-13-29-22/h2-7,10,13-14,18H,8-9,11-12,15H2,1H3,(H,24,25). The van der Waals surface area contributed by atoms with Crippen LogP contribution in [0, 0.1) is 0 Å². The van der Waals surface area contributed by atoms with Crippen LogP contribution in [-0.2, 0) is 6.54 Å². The molecule has 0 spiro atoms. The van der Waals surface area contributed by atoms with Crippen molar-refractivity contribution in [2.24, 2.45) is 0 Å². The predicted octanol–water partition coefficient (Wildman–Crippen LogP) is 5.97. The molecule has 1 saturated heterocycles. The normalized spacial score (nSPS) is 15.1. The molecule has 158 valence electrons. The van der Waals surface area contributed by atoms with Gasteiger partial charge in [0, 0.05) is 36.1 Å². The fraction of sp³-hybridized carbons (Fsp3) is 0.318. The number of piperidine rings is 1. The van der Waals surface area contributed by atoms with Crippen LogP contribution < -0.4 is 14.2 Å². The molecule has 0 radical (unpaired) electrons. The Bertz CT molecular complexity index is 930. The third-order valence-electron chi connectivity index (χ3n) is 4.99. The third kappa shape index (κ3) is 5.82. The summed E-state index contributed by atoms with van der Waals surface area (Å²) in [5.74, 6) is 1.65. The van der Waals surface area contributed by atoms with Crippen molar-refractivity contribution in [3.05, 3.63) is 64.6 Å². The van der Waals surface area contributed by atoms with Gasteiger partial charge in [-0.25, -0.2) is 4.98 Å². The predicted molar refractivity (Wildman–Crippen MR) is 125 cm³/mol. The highest BCUT2D eigenvalue weighted by Gasteiger charge is 2.21. The van der Waals surface area contributed by atoms with Crippen LogP contribution in [0.2, 0.25) is 5.02 Å². The largest absolute Gasteiger partial charge is 0.497 e. The second-order valence-electron chi connectivity index (χ2n) is 7.08. The molecule has 5 nitrogen and oxygen atoms in total. The molecule has 0 atom stereocenters. The van der Waals surface area contributed by atoms with E-state index in [0.29, 0.717) is 5.02 Å². The van der Waals surface area contributed by atoms with Gasteiger partial charge in [0.25, 0.3) is 0 Å². The number of rotatable bonds is 8. The number of anilines is 1. The quantitative estimate of drug-likeness (QED) is 0.417. The van der Waals surface area contributed by atoms with Gasteiger partial charge in [-0.15, -0.1) is 11.3 Å². The molecule has 2 heterocycles. The average Bonchev–Trinajstić information content (AvgIpc) is 3.30. The van der Waals surface area contributed by atoms with Gasteiger partial charge in [-0.1, -0.05) is 23.7 Å². The summed E-state index contributed by atoms with van der Waals surface area (Å²) in [5.41, 5.74) is 1.30. The van der Waals surface area contributed by atoms with Crippen molar-refractivity contribution in [2.75, 3.05) is 24.9 Å². The number of likely N-dealkylation sites (tertiary alicyclic amines) is 1. The highest BCUT2D eigenvalue weighted by molar-refractivity contribution is 8.00. The Kier molecular flexibility index (Phi) is 7.38. The summed E-state index contributed by atoms with van der Waals surface area (Å²) in [6.07, 6.45) is 3.96. The minimum absolute atomic E-state index is 0.196. The minimum Gasteiger partial charge on any atom is -0.497 e. The van der Waals surface area contributed by atoms with Crippen molar-refractivity contribution in [3.63, 3.8) is 0 Å². The van der Waals surface area contributed by atoms with Crippen LogP contribution in [0.1, 0.15) is 18.4 Å². The van der Waals surface area contributed by atoms with Crippen LogP contribution in [0.5, 0.6) is 11.5 Å². The van der Waals surface area contributed by atoms with E-state index in [2.05, 4.69) is 26.7 Å². The lowest BCUT2D eigenvalue weighted by Gasteiger charge is -2.32. The zero-order valence-corrected chi connectivity index (χ0v) is 19.1. The molecule has 4 rings (SSSR count). The number of halogens is 1. The number of hydrogen-bond acceptors (Lipinski definition) is 7. The van der Waals surface area contributed by atoms with Crippen molar-refractivity contribution in [1.82, 2.24) is 9.88 Å².